The van der Waals surface area contributed by atoms with Gasteiger partial charge >= 0.3 is 6.09 Å². The van der Waals surface area contributed by atoms with E-state index in [0.29, 0.717) is 24.2 Å². The van der Waals surface area contributed by atoms with Crippen LogP contribution in [0.5, 0.6) is 0 Å². The number of carbonyl (C=O) groups excluding carboxylic acids is 3. The fourth-order valence-electron chi connectivity index (χ4n) is 3.17. The van der Waals surface area contributed by atoms with Crippen LogP contribution in [0.25, 0.3) is 0 Å². The molecule has 0 saturated carbocycles. The number of rotatable bonds is 2. The lowest BCUT2D eigenvalue weighted by Gasteiger charge is -2.31. The van der Waals surface area contributed by atoms with Crippen LogP contribution in [0.3, 0.4) is 0 Å². The predicted octanol–water partition coefficient (Wildman–Crippen LogP) is 3.24. The molecule has 0 spiro atoms. The summed E-state index contributed by atoms with van der Waals surface area (Å²) in [5.41, 5.74) is 1.42. The number of likely N-dealkylation sites (tertiary alicyclic amines) is 1. The van der Waals surface area contributed by atoms with Crippen LogP contribution in [0.4, 0.5) is 4.79 Å². The fourth-order valence-corrected chi connectivity index (χ4v) is 3.17. The number of hydrogen-bond acceptors (Lipinski definition) is 4. The Morgan fingerprint density at radius 1 is 1.15 bits per heavy atom. The van der Waals surface area contributed by atoms with Crippen LogP contribution in [0, 0.1) is 0 Å². The minimum atomic E-state index is -0.529. The summed E-state index contributed by atoms with van der Waals surface area (Å²) in [7, 11) is 0. The largest absolute Gasteiger partial charge is 0.444 e. The summed E-state index contributed by atoms with van der Waals surface area (Å²) in [4.78, 5) is 40.0. The number of imide groups is 1. The van der Waals surface area contributed by atoms with Gasteiger partial charge in [-0.2, -0.15) is 0 Å². The zero-order valence-corrected chi connectivity index (χ0v) is 15.4. The monoisotopic (exact) mass is 356 g/mol. The SMILES string of the molecule is CC(C)(C)OC(=O)N1CCCC(=CCN2C(=O)c3ccccc3C2=O)C1. The molecule has 2 aliphatic rings. The Morgan fingerprint density at radius 3 is 2.35 bits per heavy atom. The van der Waals surface area contributed by atoms with Crippen LogP contribution < -0.4 is 0 Å². The predicted molar refractivity (Wildman–Crippen MR) is 96.9 cm³/mol. The molecule has 0 N–H and O–H groups in total. The topological polar surface area (TPSA) is 66.9 Å². The van der Waals surface area contributed by atoms with Gasteiger partial charge in [0.05, 0.1) is 11.1 Å². The van der Waals surface area contributed by atoms with Gasteiger partial charge < -0.3 is 9.64 Å². The van der Waals surface area contributed by atoms with Gasteiger partial charge in [-0.3, -0.25) is 14.5 Å². The lowest BCUT2D eigenvalue weighted by atomic mass is 10.0. The van der Waals surface area contributed by atoms with E-state index in [1.54, 1.807) is 29.2 Å². The molecule has 3 rings (SSSR count). The summed E-state index contributed by atoms with van der Waals surface area (Å²) >= 11 is 0. The number of benzene rings is 1. The molecule has 0 unspecified atom stereocenters. The first kappa shape index (κ1) is 18.2. The summed E-state index contributed by atoms with van der Waals surface area (Å²) in [6.07, 6.45) is 3.25. The quantitative estimate of drug-likeness (QED) is 0.603. The Balaban J connectivity index is 1.65. The van der Waals surface area contributed by atoms with Gasteiger partial charge in [0.15, 0.2) is 0 Å². The molecule has 6 nitrogen and oxygen atoms in total. The average Bonchev–Trinajstić information content (AvgIpc) is 2.83. The van der Waals surface area contributed by atoms with Crippen molar-refractivity contribution in [3.63, 3.8) is 0 Å². The minimum Gasteiger partial charge on any atom is -0.444 e. The van der Waals surface area contributed by atoms with E-state index < -0.39 is 5.60 Å². The fraction of sp³-hybridized carbons (Fsp3) is 0.450. The third-order valence-electron chi connectivity index (χ3n) is 4.41. The molecule has 1 saturated heterocycles. The second kappa shape index (κ2) is 6.94. The van der Waals surface area contributed by atoms with Crippen molar-refractivity contribution < 1.29 is 19.1 Å². The van der Waals surface area contributed by atoms with Crippen LogP contribution in [-0.4, -0.2) is 52.9 Å². The van der Waals surface area contributed by atoms with Gasteiger partial charge in [0.2, 0.25) is 0 Å². The van der Waals surface area contributed by atoms with Crippen molar-refractivity contribution in [3.05, 3.63) is 47.0 Å². The van der Waals surface area contributed by atoms with Crippen LogP contribution in [0.15, 0.2) is 35.9 Å². The minimum absolute atomic E-state index is 0.226. The molecule has 1 fully saturated rings. The maximum Gasteiger partial charge on any atom is 0.410 e. The number of fused-ring (bicyclic) bond motifs is 1. The Hall–Kier alpha value is -2.63. The van der Waals surface area contributed by atoms with Gasteiger partial charge in [0.25, 0.3) is 11.8 Å². The normalized spacial score (nSPS) is 19.1. The number of amides is 3. The molecule has 26 heavy (non-hydrogen) atoms. The Labute approximate surface area is 153 Å². The van der Waals surface area contributed by atoms with E-state index in [-0.39, 0.29) is 24.5 Å². The zero-order valence-electron chi connectivity index (χ0n) is 15.4. The summed E-state index contributed by atoms with van der Waals surface area (Å²) < 4.78 is 5.42. The van der Waals surface area contributed by atoms with Crippen molar-refractivity contribution in [1.29, 1.82) is 0 Å². The van der Waals surface area contributed by atoms with Gasteiger partial charge in [0, 0.05) is 19.6 Å². The number of nitrogens with zero attached hydrogens (tertiary/aromatic N) is 2. The van der Waals surface area contributed by atoms with Crippen LogP contribution >= 0.6 is 0 Å². The molecule has 2 aliphatic heterocycles. The molecule has 138 valence electrons. The molecule has 3 amide bonds. The Bertz CT molecular complexity index is 741. The van der Waals surface area contributed by atoms with Crippen molar-refractivity contribution in [2.24, 2.45) is 0 Å². The smallest absolute Gasteiger partial charge is 0.410 e. The Morgan fingerprint density at radius 2 is 1.77 bits per heavy atom. The molecular weight excluding hydrogens is 332 g/mol. The molecule has 2 heterocycles. The van der Waals surface area contributed by atoms with E-state index in [9.17, 15) is 14.4 Å². The van der Waals surface area contributed by atoms with Gasteiger partial charge in [-0.15, -0.1) is 0 Å². The van der Waals surface area contributed by atoms with Gasteiger partial charge in [-0.25, -0.2) is 4.79 Å². The molecule has 0 atom stereocenters. The highest BCUT2D eigenvalue weighted by Gasteiger charge is 2.34. The second-order valence-corrected chi connectivity index (χ2v) is 7.63. The average molecular weight is 356 g/mol. The molecule has 0 aliphatic carbocycles. The number of ether oxygens (including phenoxy) is 1. The van der Waals surface area contributed by atoms with Crippen LogP contribution in [0.1, 0.15) is 54.3 Å². The molecular formula is C20H24N2O4. The maximum absolute atomic E-state index is 12.4. The van der Waals surface area contributed by atoms with Crippen molar-refractivity contribution in [2.75, 3.05) is 19.6 Å². The highest BCUT2D eigenvalue weighted by molar-refractivity contribution is 6.21. The summed E-state index contributed by atoms with van der Waals surface area (Å²) in [5, 5.41) is 0. The van der Waals surface area contributed by atoms with E-state index in [0.717, 1.165) is 18.4 Å². The van der Waals surface area contributed by atoms with Gasteiger partial charge in [0.1, 0.15) is 5.60 Å². The lowest BCUT2D eigenvalue weighted by Crippen LogP contribution is -2.40. The number of carbonyl (C=O) groups is 3. The molecule has 0 aromatic heterocycles. The lowest BCUT2D eigenvalue weighted by molar-refractivity contribution is 0.0245. The van der Waals surface area contributed by atoms with E-state index >= 15 is 0 Å². The van der Waals surface area contributed by atoms with E-state index in [4.69, 9.17) is 4.74 Å². The standard InChI is InChI=1S/C20H24N2O4/c1-20(2,3)26-19(25)21-11-6-7-14(13-21)10-12-22-17(23)15-8-4-5-9-16(15)18(22)24/h4-5,8-10H,6-7,11-13H2,1-3H3. The first-order valence-electron chi connectivity index (χ1n) is 8.87. The molecule has 0 bridgehead atoms. The van der Waals surface area contributed by atoms with Crippen molar-refractivity contribution >= 4 is 17.9 Å². The highest BCUT2D eigenvalue weighted by Crippen LogP contribution is 2.23. The van der Waals surface area contributed by atoms with Crippen LogP contribution in [-0.2, 0) is 4.74 Å². The second-order valence-electron chi connectivity index (χ2n) is 7.63. The number of piperidine rings is 1. The van der Waals surface area contributed by atoms with Crippen molar-refractivity contribution in [2.45, 2.75) is 39.2 Å². The summed E-state index contributed by atoms with van der Waals surface area (Å²) in [6, 6.07) is 6.86. The van der Waals surface area contributed by atoms with Gasteiger partial charge in [-0.05, 0) is 45.7 Å². The highest BCUT2D eigenvalue weighted by atomic mass is 16.6. The third kappa shape index (κ3) is 3.79. The third-order valence-corrected chi connectivity index (χ3v) is 4.41. The maximum atomic E-state index is 12.4. The molecule has 1 aromatic carbocycles. The van der Waals surface area contributed by atoms with E-state index in [1.165, 1.54) is 4.90 Å². The van der Waals surface area contributed by atoms with Crippen LogP contribution in [0.2, 0.25) is 0 Å². The molecule has 1 aromatic rings. The first-order chi connectivity index (χ1) is 12.3. The first-order valence-corrected chi connectivity index (χ1v) is 8.87. The van der Waals surface area contributed by atoms with E-state index in [2.05, 4.69) is 0 Å². The number of hydrogen-bond donors (Lipinski definition) is 0. The van der Waals surface area contributed by atoms with Crippen molar-refractivity contribution in [1.82, 2.24) is 9.80 Å². The van der Waals surface area contributed by atoms with E-state index in [1.807, 2.05) is 26.8 Å². The molecule has 6 heteroatoms. The zero-order chi connectivity index (χ0) is 18.9. The summed E-state index contributed by atoms with van der Waals surface area (Å²) in [5.74, 6) is -0.524. The Kier molecular flexibility index (Phi) is 4.85. The van der Waals surface area contributed by atoms with Crippen molar-refractivity contribution in [3.8, 4) is 0 Å². The van der Waals surface area contributed by atoms with Gasteiger partial charge in [-0.1, -0.05) is 23.8 Å². The summed E-state index contributed by atoms with van der Waals surface area (Å²) in [6.45, 7) is 6.87. The molecule has 0 radical (unpaired) electrons.